The van der Waals surface area contributed by atoms with E-state index < -0.39 is 15.5 Å². The number of benzene rings is 1. The standard InChI is InChI=1S/C8H8NO3S2/c1-12-8(10)9-6-2-4-7(5-3-6)14(11)13/h2-5H,1H3,(H,9,10)/q-1. The van der Waals surface area contributed by atoms with Crippen LogP contribution < -0.4 is 5.32 Å². The second kappa shape index (κ2) is 4.92. The zero-order valence-electron chi connectivity index (χ0n) is 7.35. The van der Waals surface area contributed by atoms with E-state index in [2.05, 4.69) is 21.2 Å². The highest BCUT2D eigenvalue weighted by Crippen LogP contribution is 2.10. The van der Waals surface area contributed by atoms with Gasteiger partial charge in [-0.2, -0.15) is 9.36 Å². The lowest BCUT2D eigenvalue weighted by Crippen LogP contribution is -2.10. The van der Waals surface area contributed by atoms with Crippen molar-refractivity contribution in [3.05, 3.63) is 24.3 Å². The third kappa shape index (κ3) is 2.97. The zero-order chi connectivity index (χ0) is 10.6. The molecule has 0 bridgehead atoms. The molecule has 6 heteroatoms. The molecule has 0 aliphatic heterocycles. The van der Waals surface area contributed by atoms with Crippen LogP contribution in [0.5, 0.6) is 0 Å². The third-order valence-electron chi connectivity index (χ3n) is 1.48. The maximum absolute atomic E-state index is 10.8. The van der Waals surface area contributed by atoms with Gasteiger partial charge in [0.2, 0.25) is 0 Å². The Morgan fingerprint density at radius 2 is 2.00 bits per heavy atom. The molecule has 0 aromatic heterocycles. The molecule has 0 saturated heterocycles. The summed E-state index contributed by atoms with van der Waals surface area (Å²) in [6.45, 7) is 0. The van der Waals surface area contributed by atoms with Gasteiger partial charge < -0.3 is 8.95 Å². The van der Waals surface area contributed by atoms with Crippen LogP contribution in [0, 0.1) is 0 Å². The van der Waals surface area contributed by atoms with Crippen LogP contribution in [0.3, 0.4) is 0 Å². The topological polar surface area (TPSA) is 55.4 Å². The normalized spacial score (nSPS) is 9.86. The minimum absolute atomic E-state index is 0.537. The number of hydrogen-bond acceptors (Lipinski definition) is 5. The van der Waals surface area contributed by atoms with Crippen molar-refractivity contribution >= 4 is 32.3 Å². The van der Waals surface area contributed by atoms with Gasteiger partial charge in [0.05, 0.1) is 7.11 Å². The molecule has 0 atom stereocenters. The van der Waals surface area contributed by atoms with Crippen LogP contribution in [0.2, 0.25) is 0 Å². The molecular formula is C8H8NO3S2-. The Bertz CT molecular complexity index is 390. The highest BCUT2D eigenvalue weighted by Gasteiger charge is 1.98. The lowest BCUT2D eigenvalue weighted by molar-refractivity contribution is 0.187. The van der Waals surface area contributed by atoms with E-state index in [1.807, 2.05) is 0 Å². The summed E-state index contributed by atoms with van der Waals surface area (Å²) in [6, 6.07) is 6.40. The van der Waals surface area contributed by atoms with Crippen molar-refractivity contribution < 1.29 is 13.7 Å². The molecule has 14 heavy (non-hydrogen) atoms. The monoisotopic (exact) mass is 230 g/mol. The smallest absolute Gasteiger partial charge is 0.411 e. The van der Waals surface area contributed by atoms with Gasteiger partial charge in [0.25, 0.3) is 0 Å². The maximum atomic E-state index is 10.8. The molecule has 4 nitrogen and oxygen atoms in total. The van der Waals surface area contributed by atoms with Gasteiger partial charge in [-0.25, -0.2) is 16.0 Å². The van der Waals surface area contributed by atoms with Crippen LogP contribution in [0.1, 0.15) is 0 Å². The van der Waals surface area contributed by atoms with Crippen molar-refractivity contribution in [1.82, 2.24) is 0 Å². The van der Waals surface area contributed by atoms with Gasteiger partial charge in [0.1, 0.15) is 0 Å². The molecule has 0 aliphatic rings. The molecule has 1 rings (SSSR count). The van der Waals surface area contributed by atoms with Gasteiger partial charge in [0.15, 0.2) is 0 Å². The maximum Gasteiger partial charge on any atom is 0.411 e. The first-order valence-corrected chi connectivity index (χ1v) is 5.75. The number of carbonyl (C=O) groups excluding carboxylic acids is 1. The molecule has 0 radical (unpaired) electrons. The second-order valence-electron chi connectivity index (χ2n) is 2.38. The molecule has 0 spiro atoms. The fourth-order valence-electron chi connectivity index (χ4n) is 0.818. The van der Waals surface area contributed by atoms with Gasteiger partial charge >= 0.3 is 6.09 Å². The SMILES string of the molecule is COC(=O)Nc1ccc([S-](=O)=S)cc1. The van der Waals surface area contributed by atoms with Crippen LogP contribution >= 0.6 is 0 Å². The fraction of sp³-hybridized carbons (Fsp3) is 0.125. The lowest BCUT2D eigenvalue weighted by atomic mass is 10.3. The zero-order valence-corrected chi connectivity index (χ0v) is 8.98. The van der Waals surface area contributed by atoms with E-state index in [4.69, 9.17) is 0 Å². The molecule has 1 aromatic rings. The fourth-order valence-corrected chi connectivity index (χ4v) is 1.51. The molecule has 0 aliphatic carbocycles. The number of ether oxygens (including phenoxy) is 1. The number of amides is 1. The Kier molecular flexibility index (Phi) is 3.84. The number of anilines is 1. The Balaban J connectivity index is 2.78. The van der Waals surface area contributed by atoms with Crippen molar-refractivity contribution in [2.45, 2.75) is 4.90 Å². The summed E-state index contributed by atoms with van der Waals surface area (Å²) in [5.41, 5.74) is 0.570. The van der Waals surface area contributed by atoms with Gasteiger partial charge in [-0.05, 0) is 12.1 Å². The van der Waals surface area contributed by atoms with E-state index in [0.717, 1.165) is 0 Å². The largest absolute Gasteiger partial charge is 0.453 e. The van der Waals surface area contributed by atoms with Crippen LogP contribution in [0.4, 0.5) is 10.5 Å². The van der Waals surface area contributed by atoms with Crippen LogP contribution in [-0.4, -0.2) is 13.2 Å². The molecule has 0 unspecified atom stereocenters. The quantitative estimate of drug-likeness (QED) is 0.785. The third-order valence-corrected chi connectivity index (χ3v) is 2.71. The van der Waals surface area contributed by atoms with Crippen LogP contribution in [0.25, 0.3) is 0 Å². The van der Waals surface area contributed by atoms with E-state index in [1.54, 1.807) is 24.3 Å². The van der Waals surface area contributed by atoms with E-state index in [-0.39, 0.29) is 0 Å². The van der Waals surface area contributed by atoms with Gasteiger partial charge in [-0.3, -0.25) is 5.32 Å². The van der Waals surface area contributed by atoms with Crippen molar-refractivity contribution in [2.75, 3.05) is 12.4 Å². The minimum atomic E-state index is -1.41. The average molecular weight is 230 g/mol. The molecule has 1 aromatic carbocycles. The number of rotatable bonds is 2. The van der Waals surface area contributed by atoms with Crippen molar-refractivity contribution in [2.24, 2.45) is 0 Å². The van der Waals surface area contributed by atoms with E-state index in [0.29, 0.717) is 10.6 Å². The Morgan fingerprint density at radius 1 is 1.43 bits per heavy atom. The van der Waals surface area contributed by atoms with Gasteiger partial charge in [0, 0.05) is 5.69 Å². The molecule has 0 heterocycles. The van der Waals surface area contributed by atoms with Crippen LogP contribution in [0.15, 0.2) is 29.2 Å². The van der Waals surface area contributed by atoms with Gasteiger partial charge in [-0.15, -0.1) is 4.90 Å². The minimum Gasteiger partial charge on any atom is -0.453 e. The first-order valence-electron chi connectivity index (χ1n) is 3.68. The summed E-state index contributed by atoms with van der Waals surface area (Å²) in [5.74, 6) is 0. The first-order chi connectivity index (χ1) is 6.63. The Labute approximate surface area is 88.0 Å². The molecule has 1 amide bonds. The predicted octanol–water partition coefficient (Wildman–Crippen LogP) is 1.65. The van der Waals surface area contributed by atoms with Gasteiger partial charge in [-0.1, -0.05) is 12.1 Å². The first kappa shape index (κ1) is 10.9. The summed E-state index contributed by atoms with van der Waals surface area (Å²) in [6.07, 6.45) is -0.544. The Morgan fingerprint density at radius 3 is 2.43 bits per heavy atom. The molecule has 1 N–H and O–H groups in total. The van der Waals surface area contributed by atoms with Crippen molar-refractivity contribution in [3.8, 4) is 0 Å². The summed E-state index contributed by atoms with van der Waals surface area (Å²) in [4.78, 5) is 11.3. The molecule has 0 saturated carbocycles. The summed E-state index contributed by atoms with van der Waals surface area (Å²) < 4.78 is 15.3. The predicted molar refractivity (Wildman–Crippen MR) is 56.2 cm³/mol. The van der Waals surface area contributed by atoms with Crippen molar-refractivity contribution in [3.63, 3.8) is 0 Å². The highest BCUT2D eigenvalue weighted by molar-refractivity contribution is 8.21. The lowest BCUT2D eigenvalue weighted by Gasteiger charge is -2.05. The second-order valence-corrected chi connectivity index (χ2v) is 4.22. The molecular weight excluding hydrogens is 222 g/mol. The summed E-state index contributed by atoms with van der Waals surface area (Å²) in [7, 11) is -0.133. The van der Waals surface area contributed by atoms with E-state index in [9.17, 15) is 9.00 Å². The molecule has 76 valence electrons. The van der Waals surface area contributed by atoms with Crippen LogP contribution in [-0.2, 0) is 29.5 Å². The Hall–Kier alpha value is -1.14. The number of nitrogens with one attached hydrogen (secondary N) is 1. The number of methoxy groups -OCH3 is 1. The highest BCUT2D eigenvalue weighted by atomic mass is 32.8. The summed E-state index contributed by atoms with van der Waals surface area (Å²) in [5, 5.41) is 2.46. The molecule has 0 fully saturated rings. The van der Waals surface area contributed by atoms with E-state index >= 15 is 0 Å². The van der Waals surface area contributed by atoms with Crippen molar-refractivity contribution in [1.29, 1.82) is 0 Å². The number of hydrogen-bond donors (Lipinski definition) is 1. The summed E-state index contributed by atoms with van der Waals surface area (Å²) >= 11 is 4.56. The number of carbonyl (C=O) groups is 1. The average Bonchev–Trinajstić information content (AvgIpc) is 2.18. The van der Waals surface area contributed by atoms with E-state index in [1.165, 1.54) is 7.11 Å².